The summed E-state index contributed by atoms with van der Waals surface area (Å²) < 4.78 is 0. The second-order valence-electron chi connectivity index (χ2n) is 5.72. The first-order valence-electron chi connectivity index (χ1n) is 7.16. The van der Waals surface area contributed by atoms with Crippen molar-refractivity contribution in [1.29, 1.82) is 0 Å². The molecular formula is C16H16ClN3. The first kappa shape index (κ1) is 12.2. The van der Waals surface area contributed by atoms with Gasteiger partial charge in [-0.15, -0.1) is 0 Å². The van der Waals surface area contributed by atoms with Gasteiger partial charge in [-0.05, 0) is 25.2 Å². The Bertz CT molecular complexity index is 629. The highest BCUT2D eigenvalue weighted by atomic mass is 35.5. The van der Waals surface area contributed by atoms with Crippen molar-refractivity contribution in [1.82, 2.24) is 9.97 Å². The quantitative estimate of drug-likeness (QED) is 0.786. The van der Waals surface area contributed by atoms with E-state index in [0.29, 0.717) is 11.2 Å². The van der Waals surface area contributed by atoms with Crippen molar-refractivity contribution >= 4 is 17.4 Å². The molecule has 2 heterocycles. The van der Waals surface area contributed by atoms with Crippen molar-refractivity contribution in [3.05, 3.63) is 41.6 Å². The van der Waals surface area contributed by atoms with Gasteiger partial charge in [0, 0.05) is 24.2 Å². The molecule has 20 heavy (non-hydrogen) atoms. The third kappa shape index (κ3) is 2.06. The molecule has 2 aromatic rings. The van der Waals surface area contributed by atoms with E-state index in [1.54, 1.807) is 0 Å². The van der Waals surface area contributed by atoms with Crippen LogP contribution >= 0.6 is 11.6 Å². The zero-order valence-electron chi connectivity index (χ0n) is 11.2. The minimum atomic E-state index is 0.525. The highest BCUT2D eigenvalue weighted by molar-refractivity contribution is 6.29. The summed E-state index contributed by atoms with van der Waals surface area (Å²) in [5.41, 5.74) is 1.01. The van der Waals surface area contributed by atoms with Gasteiger partial charge in [0.25, 0.3) is 0 Å². The van der Waals surface area contributed by atoms with Crippen molar-refractivity contribution in [2.75, 3.05) is 11.4 Å². The van der Waals surface area contributed by atoms with Crippen molar-refractivity contribution in [3.8, 4) is 11.4 Å². The van der Waals surface area contributed by atoms with Gasteiger partial charge in [0.15, 0.2) is 5.82 Å². The number of aromatic nitrogens is 2. The molecule has 1 saturated heterocycles. The Balaban J connectivity index is 1.73. The second-order valence-corrected chi connectivity index (χ2v) is 6.11. The first-order chi connectivity index (χ1) is 9.79. The average Bonchev–Trinajstić information content (AvgIpc) is 3.10. The molecule has 102 valence electrons. The molecule has 0 N–H and O–H groups in total. The van der Waals surface area contributed by atoms with Crippen LogP contribution in [0, 0.1) is 5.92 Å². The van der Waals surface area contributed by atoms with Gasteiger partial charge >= 0.3 is 0 Å². The van der Waals surface area contributed by atoms with E-state index in [1.165, 1.54) is 19.3 Å². The van der Waals surface area contributed by atoms with E-state index in [-0.39, 0.29) is 0 Å². The Morgan fingerprint density at radius 3 is 2.65 bits per heavy atom. The third-order valence-corrected chi connectivity index (χ3v) is 4.61. The molecule has 0 amide bonds. The van der Waals surface area contributed by atoms with Gasteiger partial charge in [-0.2, -0.15) is 0 Å². The van der Waals surface area contributed by atoms with Crippen LogP contribution in [0.1, 0.15) is 19.3 Å². The van der Waals surface area contributed by atoms with Gasteiger partial charge in [0.2, 0.25) is 0 Å². The highest BCUT2D eigenvalue weighted by Crippen LogP contribution is 2.40. The largest absolute Gasteiger partial charge is 0.353 e. The fourth-order valence-corrected chi connectivity index (χ4v) is 3.65. The number of rotatable bonds is 2. The summed E-state index contributed by atoms with van der Waals surface area (Å²) in [5.74, 6) is 2.54. The average molecular weight is 286 g/mol. The van der Waals surface area contributed by atoms with Gasteiger partial charge in [-0.3, -0.25) is 0 Å². The number of fused-ring (bicyclic) bond motifs is 2. The molecule has 2 fully saturated rings. The lowest BCUT2D eigenvalue weighted by molar-refractivity contribution is 0.550. The van der Waals surface area contributed by atoms with Crippen molar-refractivity contribution in [2.24, 2.45) is 5.92 Å². The SMILES string of the molecule is Clc1cc(N2CC3CCC2C3)nc(-c2ccccc2)n1. The summed E-state index contributed by atoms with van der Waals surface area (Å²) in [6, 6.07) is 12.6. The molecule has 1 aromatic carbocycles. The summed E-state index contributed by atoms with van der Waals surface area (Å²) in [7, 11) is 0. The second kappa shape index (κ2) is 4.74. The lowest BCUT2D eigenvalue weighted by atomic mass is 10.1. The van der Waals surface area contributed by atoms with E-state index in [0.717, 1.165) is 29.7 Å². The molecule has 2 aliphatic rings. The number of anilines is 1. The predicted molar refractivity (Wildman–Crippen MR) is 81.0 cm³/mol. The van der Waals surface area contributed by atoms with Gasteiger partial charge in [0.1, 0.15) is 11.0 Å². The van der Waals surface area contributed by atoms with Crippen LogP contribution < -0.4 is 4.90 Å². The zero-order chi connectivity index (χ0) is 13.5. The number of hydrogen-bond donors (Lipinski definition) is 0. The predicted octanol–water partition coefficient (Wildman–Crippen LogP) is 3.79. The van der Waals surface area contributed by atoms with Crippen LogP contribution in [0.15, 0.2) is 36.4 Å². The molecular weight excluding hydrogens is 270 g/mol. The Hall–Kier alpha value is -1.61. The van der Waals surface area contributed by atoms with E-state index >= 15 is 0 Å². The monoisotopic (exact) mass is 285 g/mol. The Kier molecular flexibility index (Phi) is 2.88. The lowest BCUT2D eigenvalue weighted by Gasteiger charge is -2.28. The van der Waals surface area contributed by atoms with E-state index in [2.05, 4.69) is 9.88 Å². The summed E-state index contributed by atoms with van der Waals surface area (Å²) >= 11 is 6.20. The minimum Gasteiger partial charge on any atom is -0.353 e. The summed E-state index contributed by atoms with van der Waals surface area (Å²) in [5, 5.41) is 0.525. The van der Waals surface area contributed by atoms with Crippen LogP contribution in [0.4, 0.5) is 5.82 Å². The molecule has 2 unspecified atom stereocenters. The van der Waals surface area contributed by atoms with Crippen LogP contribution in [0.5, 0.6) is 0 Å². The number of halogens is 1. The fraction of sp³-hybridized carbons (Fsp3) is 0.375. The molecule has 0 spiro atoms. The molecule has 2 atom stereocenters. The van der Waals surface area contributed by atoms with Gasteiger partial charge in [-0.25, -0.2) is 9.97 Å². The molecule has 1 aliphatic carbocycles. The standard InChI is InChI=1S/C16H16ClN3/c17-14-9-15(20-10-11-6-7-13(20)8-11)19-16(18-14)12-4-2-1-3-5-12/h1-5,9,11,13H,6-8,10H2. The summed E-state index contributed by atoms with van der Waals surface area (Å²) in [4.78, 5) is 11.5. The maximum absolute atomic E-state index is 6.20. The van der Waals surface area contributed by atoms with Crippen LogP contribution in [0.3, 0.4) is 0 Å². The van der Waals surface area contributed by atoms with E-state index in [1.807, 2.05) is 36.4 Å². The van der Waals surface area contributed by atoms with Crippen molar-refractivity contribution < 1.29 is 0 Å². The number of hydrogen-bond acceptors (Lipinski definition) is 3. The Morgan fingerprint density at radius 1 is 1.10 bits per heavy atom. The highest BCUT2D eigenvalue weighted by Gasteiger charge is 2.38. The van der Waals surface area contributed by atoms with Crippen LogP contribution in [0.25, 0.3) is 11.4 Å². The molecule has 1 aliphatic heterocycles. The summed E-state index contributed by atoms with van der Waals surface area (Å²) in [6.07, 6.45) is 3.96. The number of piperidine rings is 1. The molecule has 3 nitrogen and oxygen atoms in total. The van der Waals surface area contributed by atoms with Crippen LogP contribution in [-0.4, -0.2) is 22.6 Å². The third-order valence-electron chi connectivity index (χ3n) is 4.42. The fourth-order valence-electron chi connectivity index (χ4n) is 3.47. The minimum absolute atomic E-state index is 0.525. The molecule has 4 heteroatoms. The maximum atomic E-state index is 6.20. The van der Waals surface area contributed by atoms with E-state index in [4.69, 9.17) is 16.6 Å². The van der Waals surface area contributed by atoms with E-state index in [9.17, 15) is 0 Å². The van der Waals surface area contributed by atoms with Gasteiger partial charge in [-0.1, -0.05) is 41.9 Å². The Morgan fingerprint density at radius 2 is 1.95 bits per heavy atom. The van der Waals surface area contributed by atoms with Crippen LogP contribution in [-0.2, 0) is 0 Å². The topological polar surface area (TPSA) is 29.0 Å². The van der Waals surface area contributed by atoms with Crippen molar-refractivity contribution in [3.63, 3.8) is 0 Å². The molecule has 1 aromatic heterocycles. The smallest absolute Gasteiger partial charge is 0.163 e. The lowest BCUT2D eigenvalue weighted by Crippen LogP contribution is -2.32. The summed E-state index contributed by atoms with van der Waals surface area (Å²) in [6.45, 7) is 1.12. The maximum Gasteiger partial charge on any atom is 0.163 e. The number of nitrogens with zero attached hydrogens (tertiary/aromatic N) is 3. The van der Waals surface area contributed by atoms with E-state index < -0.39 is 0 Å². The van der Waals surface area contributed by atoms with Crippen molar-refractivity contribution in [2.45, 2.75) is 25.3 Å². The molecule has 0 radical (unpaired) electrons. The molecule has 4 rings (SSSR count). The van der Waals surface area contributed by atoms with Gasteiger partial charge in [0.05, 0.1) is 0 Å². The van der Waals surface area contributed by atoms with Gasteiger partial charge < -0.3 is 4.90 Å². The Labute approximate surface area is 123 Å². The van der Waals surface area contributed by atoms with Crippen LogP contribution in [0.2, 0.25) is 5.15 Å². The number of benzene rings is 1. The molecule has 2 bridgehead atoms. The zero-order valence-corrected chi connectivity index (χ0v) is 11.9. The normalized spacial score (nSPS) is 24.4. The molecule has 1 saturated carbocycles. The first-order valence-corrected chi connectivity index (χ1v) is 7.54.